The van der Waals surface area contributed by atoms with Gasteiger partial charge in [0.05, 0.1) is 0 Å². The molecule has 2 fully saturated rings. The van der Waals surface area contributed by atoms with Gasteiger partial charge in [-0.15, -0.1) is 0 Å². The molecule has 1 amide bonds. The van der Waals surface area contributed by atoms with E-state index in [4.69, 9.17) is 0 Å². The van der Waals surface area contributed by atoms with Crippen molar-refractivity contribution in [1.29, 1.82) is 0 Å². The highest BCUT2D eigenvalue weighted by molar-refractivity contribution is 5.94. The van der Waals surface area contributed by atoms with Gasteiger partial charge in [0.15, 0.2) is 0 Å². The lowest BCUT2D eigenvalue weighted by Crippen LogP contribution is -2.37. The first-order valence-electron chi connectivity index (χ1n) is 8.96. The SMILES string of the molecule is O=C(NC1CCN(Cc2ccccc2)C1)c1ccc(C2NNNN2)cc1. The Kier molecular flexibility index (Phi) is 5.24. The van der Waals surface area contributed by atoms with Gasteiger partial charge in [-0.2, -0.15) is 11.1 Å². The highest BCUT2D eigenvalue weighted by Gasteiger charge is 2.24. The number of benzene rings is 2. The molecule has 0 radical (unpaired) electrons. The third-order valence-corrected chi connectivity index (χ3v) is 4.86. The summed E-state index contributed by atoms with van der Waals surface area (Å²) in [7, 11) is 0. The molecule has 2 saturated heterocycles. The number of carbonyl (C=O) groups excluding carboxylic acids is 1. The van der Waals surface area contributed by atoms with E-state index in [1.165, 1.54) is 5.56 Å². The molecule has 0 bridgehead atoms. The van der Waals surface area contributed by atoms with Crippen molar-refractivity contribution in [2.75, 3.05) is 13.1 Å². The molecular weight excluding hydrogens is 328 g/mol. The molecule has 2 aromatic carbocycles. The molecule has 0 spiro atoms. The minimum absolute atomic E-state index is 0.00768. The van der Waals surface area contributed by atoms with Crippen LogP contribution in [0.2, 0.25) is 0 Å². The van der Waals surface area contributed by atoms with E-state index in [-0.39, 0.29) is 18.1 Å². The average molecular weight is 352 g/mol. The van der Waals surface area contributed by atoms with Crippen molar-refractivity contribution in [1.82, 2.24) is 32.1 Å². The van der Waals surface area contributed by atoms with E-state index in [2.05, 4.69) is 56.4 Å². The number of carbonyl (C=O) groups is 1. The highest BCUT2D eigenvalue weighted by Crippen LogP contribution is 2.15. The van der Waals surface area contributed by atoms with Gasteiger partial charge in [0.2, 0.25) is 0 Å². The van der Waals surface area contributed by atoms with Crippen molar-refractivity contribution in [3.05, 3.63) is 71.3 Å². The summed E-state index contributed by atoms with van der Waals surface area (Å²) in [6.07, 6.45) is 0.970. The second-order valence-corrected chi connectivity index (χ2v) is 6.77. The molecule has 1 unspecified atom stereocenters. The summed E-state index contributed by atoms with van der Waals surface area (Å²) in [5.74, 6) is -0.00768. The summed E-state index contributed by atoms with van der Waals surface area (Å²) in [6, 6.07) is 18.3. The Balaban J connectivity index is 1.29. The van der Waals surface area contributed by atoms with Crippen LogP contribution >= 0.6 is 0 Å². The first kappa shape index (κ1) is 17.1. The van der Waals surface area contributed by atoms with Crippen molar-refractivity contribution in [3.63, 3.8) is 0 Å². The number of rotatable bonds is 5. The van der Waals surface area contributed by atoms with Gasteiger partial charge < -0.3 is 5.32 Å². The number of hydrazine groups is 3. The van der Waals surface area contributed by atoms with Crippen molar-refractivity contribution in [2.24, 2.45) is 0 Å². The Hall–Kier alpha value is -2.29. The Morgan fingerprint density at radius 1 is 1.04 bits per heavy atom. The Bertz CT molecular complexity index is 729. The summed E-state index contributed by atoms with van der Waals surface area (Å²) in [4.78, 5) is 14.9. The predicted octanol–water partition coefficient (Wildman–Crippen LogP) is 0.806. The van der Waals surface area contributed by atoms with Crippen molar-refractivity contribution in [3.8, 4) is 0 Å². The largest absolute Gasteiger partial charge is 0.348 e. The van der Waals surface area contributed by atoms with Gasteiger partial charge in [-0.05, 0) is 29.7 Å². The van der Waals surface area contributed by atoms with Crippen LogP contribution in [0.15, 0.2) is 54.6 Å². The standard InChI is InChI=1S/C19H24N6O/c26-19(16-8-6-15(7-9-16)18-21-23-24-22-18)20-17-10-11-25(13-17)12-14-4-2-1-3-5-14/h1-9,17-18,21-24H,10-13H2,(H,20,26). The van der Waals surface area contributed by atoms with E-state index in [1.807, 2.05) is 30.3 Å². The van der Waals surface area contributed by atoms with Crippen LogP contribution in [-0.2, 0) is 6.54 Å². The molecule has 0 saturated carbocycles. The summed E-state index contributed by atoms with van der Waals surface area (Å²) < 4.78 is 0. The molecule has 2 aliphatic rings. The molecule has 0 aromatic heterocycles. The molecule has 7 heteroatoms. The molecule has 136 valence electrons. The Morgan fingerprint density at radius 3 is 2.50 bits per heavy atom. The number of nitrogens with zero attached hydrogens (tertiary/aromatic N) is 1. The number of amides is 1. The number of hydrogen-bond acceptors (Lipinski definition) is 6. The second-order valence-electron chi connectivity index (χ2n) is 6.77. The van der Waals surface area contributed by atoms with E-state index in [9.17, 15) is 4.79 Å². The average Bonchev–Trinajstić information content (AvgIpc) is 3.35. The smallest absolute Gasteiger partial charge is 0.251 e. The van der Waals surface area contributed by atoms with Crippen LogP contribution in [0.4, 0.5) is 0 Å². The summed E-state index contributed by atoms with van der Waals surface area (Å²) >= 11 is 0. The van der Waals surface area contributed by atoms with Gasteiger partial charge in [0.25, 0.3) is 5.91 Å². The molecule has 2 aliphatic heterocycles. The van der Waals surface area contributed by atoms with Crippen molar-refractivity contribution < 1.29 is 4.79 Å². The van der Waals surface area contributed by atoms with Gasteiger partial charge in [0, 0.05) is 31.2 Å². The van der Waals surface area contributed by atoms with E-state index in [1.54, 1.807) is 0 Å². The first-order chi connectivity index (χ1) is 12.8. The van der Waals surface area contributed by atoms with E-state index in [0.717, 1.165) is 31.6 Å². The van der Waals surface area contributed by atoms with Crippen molar-refractivity contribution >= 4 is 5.91 Å². The molecule has 7 nitrogen and oxygen atoms in total. The van der Waals surface area contributed by atoms with Crippen LogP contribution < -0.4 is 27.2 Å². The Labute approximate surface area is 153 Å². The number of nitrogens with one attached hydrogen (secondary N) is 5. The zero-order chi connectivity index (χ0) is 17.8. The minimum atomic E-state index is -0.0199. The third-order valence-electron chi connectivity index (χ3n) is 4.86. The number of hydrogen-bond donors (Lipinski definition) is 5. The second kappa shape index (κ2) is 7.94. The molecule has 2 aromatic rings. The molecule has 2 heterocycles. The van der Waals surface area contributed by atoms with E-state index < -0.39 is 0 Å². The minimum Gasteiger partial charge on any atom is -0.348 e. The van der Waals surface area contributed by atoms with Crippen LogP contribution in [0, 0.1) is 0 Å². The van der Waals surface area contributed by atoms with Gasteiger partial charge in [-0.3, -0.25) is 9.69 Å². The highest BCUT2D eigenvalue weighted by atomic mass is 16.1. The maximum Gasteiger partial charge on any atom is 0.251 e. The molecular formula is C19H24N6O. The first-order valence-corrected chi connectivity index (χ1v) is 8.96. The van der Waals surface area contributed by atoms with Crippen LogP contribution in [-0.4, -0.2) is 29.9 Å². The quantitative estimate of drug-likeness (QED) is 0.548. The van der Waals surface area contributed by atoms with Crippen LogP contribution in [0.5, 0.6) is 0 Å². The number of likely N-dealkylation sites (tertiary alicyclic amines) is 1. The zero-order valence-corrected chi connectivity index (χ0v) is 14.5. The summed E-state index contributed by atoms with van der Waals surface area (Å²) in [5, 5.41) is 3.16. The lowest BCUT2D eigenvalue weighted by molar-refractivity contribution is 0.0937. The monoisotopic (exact) mass is 352 g/mol. The normalized spacial score (nSPS) is 21.2. The topological polar surface area (TPSA) is 80.5 Å². The molecule has 26 heavy (non-hydrogen) atoms. The molecule has 0 aliphatic carbocycles. The maximum atomic E-state index is 12.5. The summed E-state index contributed by atoms with van der Waals surface area (Å²) in [6.45, 7) is 2.84. The molecule has 4 rings (SSSR count). The Morgan fingerprint density at radius 2 is 1.77 bits per heavy atom. The van der Waals surface area contributed by atoms with Crippen molar-refractivity contribution in [2.45, 2.75) is 25.2 Å². The third kappa shape index (κ3) is 4.09. The van der Waals surface area contributed by atoms with E-state index in [0.29, 0.717) is 5.56 Å². The lowest BCUT2D eigenvalue weighted by atomic mass is 10.1. The van der Waals surface area contributed by atoms with Gasteiger partial charge in [-0.1, -0.05) is 42.5 Å². The van der Waals surface area contributed by atoms with Gasteiger partial charge in [0.1, 0.15) is 6.17 Å². The van der Waals surface area contributed by atoms with E-state index >= 15 is 0 Å². The molecule has 1 atom stereocenters. The summed E-state index contributed by atoms with van der Waals surface area (Å²) in [5.41, 5.74) is 14.7. The van der Waals surface area contributed by atoms with Crippen LogP contribution in [0.25, 0.3) is 0 Å². The zero-order valence-electron chi connectivity index (χ0n) is 14.5. The fourth-order valence-electron chi connectivity index (χ4n) is 3.45. The molecule has 5 N–H and O–H groups in total. The lowest BCUT2D eigenvalue weighted by Gasteiger charge is -2.17. The van der Waals surface area contributed by atoms with Crippen LogP contribution in [0.3, 0.4) is 0 Å². The maximum absolute atomic E-state index is 12.5. The fourth-order valence-corrected chi connectivity index (χ4v) is 3.45. The van der Waals surface area contributed by atoms with Crippen LogP contribution in [0.1, 0.15) is 34.1 Å². The van der Waals surface area contributed by atoms with Gasteiger partial charge in [-0.25, -0.2) is 10.9 Å². The predicted molar refractivity (Wildman–Crippen MR) is 99.3 cm³/mol. The van der Waals surface area contributed by atoms with Gasteiger partial charge >= 0.3 is 0 Å². The fraction of sp³-hybridized carbons (Fsp3) is 0.316.